The number of ketones is 1. The predicted octanol–water partition coefficient (Wildman–Crippen LogP) is 2.32. The number of nitrogens with one attached hydrogen (secondary N) is 2. The number of carbonyl (C=O) groups is 3. The van der Waals surface area contributed by atoms with Crippen molar-refractivity contribution in [1.82, 2.24) is 20.4 Å². The highest BCUT2D eigenvalue weighted by atomic mass is 16.7. The van der Waals surface area contributed by atoms with Crippen molar-refractivity contribution in [3.8, 4) is 0 Å². The molecule has 0 bridgehead atoms. The molecule has 3 heterocycles. The summed E-state index contributed by atoms with van der Waals surface area (Å²) in [6, 6.07) is -0.971. The fourth-order valence-corrected chi connectivity index (χ4v) is 8.17. The Morgan fingerprint density at radius 2 is 1.73 bits per heavy atom. The molecule has 3 rings (SSSR count). The van der Waals surface area contributed by atoms with Crippen LogP contribution in [0.1, 0.15) is 88.0 Å². The molecule has 296 valence electrons. The summed E-state index contributed by atoms with van der Waals surface area (Å²) in [7, 11) is 7.20. The zero-order chi connectivity index (χ0) is 38.6. The van der Waals surface area contributed by atoms with E-state index in [9.17, 15) is 24.6 Å². The number of aliphatic hydroxyl groups excluding tert-OH is 2. The van der Waals surface area contributed by atoms with Gasteiger partial charge in [0.15, 0.2) is 17.7 Å². The van der Waals surface area contributed by atoms with Gasteiger partial charge in [-0.1, -0.05) is 27.7 Å². The molecule has 0 saturated carbocycles. The number of fused-ring (bicyclic) bond motifs is 1. The van der Waals surface area contributed by atoms with E-state index in [4.69, 9.17) is 23.7 Å². The molecule has 14 atom stereocenters. The summed E-state index contributed by atoms with van der Waals surface area (Å²) >= 11 is 0. The maximum Gasteiger partial charge on any atom is 0.408 e. The van der Waals surface area contributed by atoms with Gasteiger partial charge < -0.3 is 54.3 Å². The Morgan fingerprint density at radius 1 is 1.08 bits per heavy atom. The van der Waals surface area contributed by atoms with Crippen LogP contribution < -0.4 is 10.6 Å². The predicted molar refractivity (Wildman–Crippen MR) is 192 cm³/mol. The van der Waals surface area contributed by atoms with E-state index in [1.54, 1.807) is 14.0 Å². The van der Waals surface area contributed by atoms with Gasteiger partial charge in [0.05, 0.1) is 30.0 Å². The van der Waals surface area contributed by atoms with Crippen LogP contribution in [0.4, 0.5) is 4.79 Å². The lowest BCUT2D eigenvalue weighted by Gasteiger charge is -2.48. The Bertz CT molecular complexity index is 1180. The van der Waals surface area contributed by atoms with Crippen LogP contribution in [0.15, 0.2) is 0 Å². The van der Waals surface area contributed by atoms with Crippen LogP contribution in [-0.4, -0.2) is 151 Å². The number of methoxy groups -OCH3 is 1. The molecule has 4 unspecified atom stereocenters. The van der Waals surface area contributed by atoms with Gasteiger partial charge in [-0.05, 0) is 93.9 Å². The number of cyclic esters (lactones) is 1. The number of rotatable bonds is 10. The molecule has 0 spiro atoms. The first-order valence-corrected chi connectivity index (χ1v) is 18.8. The van der Waals surface area contributed by atoms with Crippen molar-refractivity contribution in [2.24, 2.45) is 17.8 Å². The Hall–Kier alpha value is -1.91. The van der Waals surface area contributed by atoms with Crippen molar-refractivity contribution in [3.63, 3.8) is 0 Å². The molecule has 4 N–H and O–H groups in total. The van der Waals surface area contributed by atoms with Crippen LogP contribution in [0.2, 0.25) is 0 Å². The SMILES string of the molecule is CC[C@H]1OC(=O)C(C)C(=O)[C@H](C)[C@@H](O[C@@H]2O[C@H](C(O)CN(C)C(C)C)CC(N(C)C)C2O)[C@](C)(OC)C[C@@H](C)CN[C@H](C)[C@H]2NC(=O)O[C@@]21CC. The number of Topliss-reactive ketones (excluding diaryl/α,β-unsaturated/α-hetero) is 1. The first kappa shape index (κ1) is 43.5. The standard InChI is InChI=1S/C37H68N4O10/c1-14-28-37(15-2)31(39-35(46)51-37)24(8)38-18-21(5)17-36(9,47-13)32(22(6)29(43)23(7)33(45)49-28)50-34-30(44)25(40(10)11)16-27(48-34)26(42)19-41(12)20(3)4/h20-28,30-32,34,38,42,44H,14-19H2,1-13H3,(H,39,46)/t21-,22+,23?,24-,25?,26?,27+,28-,30?,31-,32-,34+,36-,37-/m1/s1. The summed E-state index contributed by atoms with van der Waals surface area (Å²) < 4.78 is 31.3. The van der Waals surface area contributed by atoms with Gasteiger partial charge in [0.1, 0.15) is 18.1 Å². The Morgan fingerprint density at radius 3 is 2.27 bits per heavy atom. The number of hydrogen-bond donors (Lipinski definition) is 4. The van der Waals surface area contributed by atoms with E-state index in [2.05, 4.69) is 17.6 Å². The van der Waals surface area contributed by atoms with Crippen LogP contribution in [-0.2, 0) is 33.3 Å². The summed E-state index contributed by atoms with van der Waals surface area (Å²) in [4.78, 5) is 44.7. The molecule has 0 aromatic heterocycles. The zero-order valence-corrected chi connectivity index (χ0v) is 33.3. The third-order valence-electron chi connectivity index (χ3n) is 11.8. The van der Waals surface area contributed by atoms with Crippen molar-refractivity contribution >= 4 is 17.8 Å². The van der Waals surface area contributed by atoms with Gasteiger partial charge in [0.2, 0.25) is 0 Å². The molecule has 3 aliphatic heterocycles. The number of likely N-dealkylation sites (N-methyl/N-ethyl adjacent to an activating group) is 2. The molecule has 3 aliphatic rings. The number of alkyl carbamates (subject to hydrolysis) is 1. The fourth-order valence-electron chi connectivity index (χ4n) is 8.17. The second-order valence-electron chi connectivity index (χ2n) is 16.0. The lowest BCUT2D eigenvalue weighted by molar-refractivity contribution is -0.307. The number of amides is 1. The van der Waals surface area contributed by atoms with Crippen molar-refractivity contribution in [2.45, 2.75) is 160 Å². The smallest absolute Gasteiger partial charge is 0.408 e. The molecule has 0 aromatic rings. The molecule has 1 amide bonds. The monoisotopic (exact) mass is 728 g/mol. The minimum absolute atomic E-state index is 0.0184. The summed E-state index contributed by atoms with van der Waals surface area (Å²) in [5.41, 5.74) is -2.23. The van der Waals surface area contributed by atoms with E-state index >= 15 is 0 Å². The molecule has 3 fully saturated rings. The van der Waals surface area contributed by atoms with E-state index in [0.29, 0.717) is 38.8 Å². The van der Waals surface area contributed by atoms with Crippen molar-refractivity contribution < 1.29 is 48.3 Å². The highest BCUT2D eigenvalue weighted by Gasteiger charge is 2.57. The largest absolute Gasteiger partial charge is 0.457 e. The Labute approximate surface area is 305 Å². The van der Waals surface area contributed by atoms with E-state index in [1.165, 1.54) is 6.92 Å². The first-order chi connectivity index (χ1) is 23.8. The molecular weight excluding hydrogens is 660 g/mol. The van der Waals surface area contributed by atoms with Gasteiger partial charge in [0, 0.05) is 37.7 Å². The first-order valence-electron chi connectivity index (χ1n) is 18.8. The molecule has 51 heavy (non-hydrogen) atoms. The molecule has 14 nitrogen and oxygen atoms in total. The average molecular weight is 729 g/mol. The van der Waals surface area contributed by atoms with Gasteiger partial charge in [-0.15, -0.1) is 0 Å². The summed E-state index contributed by atoms with van der Waals surface area (Å²) in [6.45, 7) is 17.8. The maximum absolute atomic E-state index is 14.3. The van der Waals surface area contributed by atoms with Gasteiger partial charge in [0.25, 0.3) is 0 Å². The highest BCUT2D eigenvalue weighted by Crippen LogP contribution is 2.39. The van der Waals surface area contributed by atoms with E-state index in [1.807, 2.05) is 72.5 Å². The number of nitrogens with zero attached hydrogens (tertiary/aromatic N) is 2. The quantitative estimate of drug-likeness (QED) is 0.191. The lowest BCUT2D eigenvalue weighted by Crippen LogP contribution is -2.61. The maximum atomic E-state index is 14.3. The summed E-state index contributed by atoms with van der Waals surface area (Å²) in [5, 5.41) is 29.5. The van der Waals surface area contributed by atoms with Crippen LogP contribution in [0, 0.1) is 17.8 Å². The second kappa shape index (κ2) is 17.9. The number of carbonyl (C=O) groups excluding carboxylic acids is 3. The van der Waals surface area contributed by atoms with Gasteiger partial charge in [-0.25, -0.2) is 4.79 Å². The van der Waals surface area contributed by atoms with E-state index in [0.717, 1.165) is 0 Å². The minimum Gasteiger partial charge on any atom is -0.457 e. The van der Waals surface area contributed by atoms with Gasteiger partial charge in [-0.3, -0.25) is 9.59 Å². The molecular formula is C37H68N4O10. The van der Waals surface area contributed by atoms with Crippen LogP contribution in [0.25, 0.3) is 0 Å². The highest BCUT2D eigenvalue weighted by molar-refractivity contribution is 6.00. The molecule has 0 aliphatic carbocycles. The van der Waals surface area contributed by atoms with Crippen molar-refractivity contribution in [3.05, 3.63) is 0 Å². The Kier molecular flexibility index (Phi) is 15.3. The van der Waals surface area contributed by atoms with Gasteiger partial charge in [-0.2, -0.15) is 0 Å². The van der Waals surface area contributed by atoms with Crippen LogP contribution >= 0.6 is 0 Å². The van der Waals surface area contributed by atoms with Gasteiger partial charge >= 0.3 is 12.1 Å². The number of hydrogen-bond acceptors (Lipinski definition) is 13. The lowest BCUT2D eigenvalue weighted by atomic mass is 9.78. The normalized spacial score (nSPS) is 41.1. The second-order valence-corrected chi connectivity index (χ2v) is 16.0. The molecule has 3 saturated heterocycles. The third kappa shape index (κ3) is 9.61. The Balaban J connectivity index is 2.04. The summed E-state index contributed by atoms with van der Waals surface area (Å²) in [5.74, 6) is -3.27. The number of ether oxygens (including phenoxy) is 5. The fraction of sp³-hybridized carbons (Fsp3) is 0.919. The average Bonchev–Trinajstić information content (AvgIpc) is 3.44. The zero-order valence-electron chi connectivity index (χ0n) is 33.3. The van der Waals surface area contributed by atoms with Crippen LogP contribution in [0.5, 0.6) is 0 Å². The molecule has 0 aromatic carbocycles. The van der Waals surface area contributed by atoms with Crippen molar-refractivity contribution in [1.29, 1.82) is 0 Å². The molecule has 14 heteroatoms. The number of esters is 1. The minimum atomic E-state index is -1.21. The van der Waals surface area contributed by atoms with Crippen LogP contribution in [0.3, 0.4) is 0 Å². The van der Waals surface area contributed by atoms with Crippen molar-refractivity contribution in [2.75, 3.05) is 41.3 Å². The number of aliphatic hydroxyl groups is 2. The topological polar surface area (TPSA) is 168 Å². The van der Waals surface area contributed by atoms with E-state index < -0.39 is 89.8 Å². The van der Waals surface area contributed by atoms with E-state index in [-0.39, 0.29) is 18.0 Å². The molecule has 0 radical (unpaired) electrons. The summed E-state index contributed by atoms with van der Waals surface area (Å²) in [6.07, 6.45) is -4.65. The third-order valence-corrected chi connectivity index (χ3v) is 11.8.